The Kier molecular flexibility index (Phi) is 7.06. The predicted molar refractivity (Wildman–Crippen MR) is 144 cm³/mol. The number of carbonyl (C=O) groups excluding carboxylic acids is 2. The van der Waals surface area contributed by atoms with Crippen LogP contribution in [-0.4, -0.2) is 35.4 Å². The van der Waals surface area contributed by atoms with Gasteiger partial charge in [0.05, 0.1) is 24.4 Å². The van der Waals surface area contributed by atoms with Crippen LogP contribution in [0.2, 0.25) is 0 Å². The average molecular weight is 501 g/mol. The molecule has 5 rings (SSSR count). The molecule has 36 heavy (non-hydrogen) atoms. The smallest absolute Gasteiger partial charge is 0.259 e. The molecular weight excluding hydrogens is 468 g/mol. The minimum Gasteiger partial charge on any atom is -0.494 e. The van der Waals surface area contributed by atoms with Crippen LogP contribution in [0.3, 0.4) is 0 Å². The summed E-state index contributed by atoms with van der Waals surface area (Å²) in [5, 5.41) is 0. The van der Waals surface area contributed by atoms with Gasteiger partial charge in [-0.1, -0.05) is 36.0 Å². The lowest BCUT2D eigenvalue weighted by Gasteiger charge is -2.39. The molecule has 1 fully saturated rings. The number of amides is 2. The van der Waals surface area contributed by atoms with Gasteiger partial charge in [-0.25, -0.2) is 0 Å². The van der Waals surface area contributed by atoms with Gasteiger partial charge >= 0.3 is 0 Å². The molecule has 0 aliphatic carbocycles. The number of nitrogens with zero attached hydrogens (tertiary/aromatic N) is 2. The normalized spacial score (nSPS) is 19.4. The highest BCUT2D eigenvalue weighted by atomic mass is 32.2. The molecule has 0 saturated carbocycles. The zero-order chi connectivity index (χ0) is 25.2. The largest absolute Gasteiger partial charge is 0.494 e. The fraction of sp³-hybridized carbons (Fsp3) is 0.333. The van der Waals surface area contributed by atoms with Crippen molar-refractivity contribution in [3.05, 3.63) is 83.4 Å². The Bertz CT molecular complexity index is 1260. The van der Waals surface area contributed by atoms with Crippen LogP contribution in [0, 0.1) is 0 Å². The van der Waals surface area contributed by atoms with Crippen LogP contribution >= 0.6 is 11.8 Å². The van der Waals surface area contributed by atoms with Crippen LogP contribution in [-0.2, 0) is 6.54 Å². The molecule has 2 aliphatic rings. The summed E-state index contributed by atoms with van der Waals surface area (Å²) >= 11 is 1.58. The number of anilines is 1. The van der Waals surface area contributed by atoms with Crippen molar-refractivity contribution >= 4 is 29.3 Å². The number of fused-ring (bicyclic) bond motifs is 2. The summed E-state index contributed by atoms with van der Waals surface area (Å²) in [7, 11) is 0. The number of ether oxygens (including phenoxy) is 1. The molecule has 2 amide bonds. The third kappa shape index (κ3) is 4.74. The lowest BCUT2D eigenvalue weighted by Crippen LogP contribution is -2.47. The van der Waals surface area contributed by atoms with Gasteiger partial charge in [-0.2, -0.15) is 0 Å². The Hall–Kier alpha value is -3.25. The number of hydrogen-bond acceptors (Lipinski definition) is 4. The fourth-order valence-electron chi connectivity index (χ4n) is 5.22. The van der Waals surface area contributed by atoms with E-state index in [0.717, 1.165) is 46.1 Å². The van der Waals surface area contributed by atoms with E-state index in [-0.39, 0.29) is 23.9 Å². The maximum absolute atomic E-state index is 13.9. The molecule has 3 aromatic carbocycles. The summed E-state index contributed by atoms with van der Waals surface area (Å²) in [5.41, 5.74) is 3.08. The molecular formula is C30H32N2O3S. The zero-order valence-electron chi connectivity index (χ0n) is 21.1. The molecule has 0 bridgehead atoms. The zero-order valence-corrected chi connectivity index (χ0v) is 21.9. The van der Waals surface area contributed by atoms with Gasteiger partial charge in [0, 0.05) is 27.4 Å². The van der Waals surface area contributed by atoms with Gasteiger partial charge in [0.25, 0.3) is 11.8 Å². The molecule has 0 aromatic heterocycles. The first kappa shape index (κ1) is 24.4. The number of likely N-dealkylation sites (tertiary alicyclic amines) is 1. The number of rotatable bonds is 5. The third-order valence-corrected chi connectivity index (χ3v) is 8.22. The molecule has 2 atom stereocenters. The van der Waals surface area contributed by atoms with Gasteiger partial charge in [-0.3, -0.25) is 9.59 Å². The summed E-state index contributed by atoms with van der Waals surface area (Å²) in [5.74, 6) is 0.787. The van der Waals surface area contributed by atoms with Crippen LogP contribution in [0.5, 0.6) is 5.75 Å². The summed E-state index contributed by atoms with van der Waals surface area (Å²) in [4.78, 5) is 33.2. The molecule has 0 N–H and O–H groups in total. The number of hydrogen-bond donors (Lipinski definition) is 0. The van der Waals surface area contributed by atoms with E-state index < -0.39 is 0 Å². The van der Waals surface area contributed by atoms with Crippen molar-refractivity contribution < 1.29 is 14.3 Å². The van der Waals surface area contributed by atoms with Gasteiger partial charge in [-0.15, -0.1) is 0 Å². The molecule has 186 valence electrons. The first-order chi connectivity index (χ1) is 17.5. The molecule has 0 spiro atoms. The van der Waals surface area contributed by atoms with Crippen LogP contribution in [0.1, 0.15) is 66.3 Å². The maximum atomic E-state index is 13.9. The molecule has 2 heterocycles. The highest BCUT2D eigenvalue weighted by molar-refractivity contribution is 7.99. The molecule has 2 aliphatic heterocycles. The molecule has 6 heteroatoms. The SMILES string of the molecule is CCOc1ccc(CN2C(=O)c3ccccc3Sc3ccc(C(=O)N4C(C)CCCC4C)cc32)cc1. The molecule has 5 nitrogen and oxygen atoms in total. The van der Waals surface area contributed by atoms with Crippen molar-refractivity contribution in [1.82, 2.24) is 4.90 Å². The van der Waals surface area contributed by atoms with Gasteiger partial charge in [0.15, 0.2) is 0 Å². The van der Waals surface area contributed by atoms with Crippen LogP contribution in [0.15, 0.2) is 76.5 Å². The molecule has 0 radical (unpaired) electrons. The van der Waals surface area contributed by atoms with Crippen molar-refractivity contribution in [3.8, 4) is 5.75 Å². The summed E-state index contributed by atoms with van der Waals surface area (Å²) < 4.78 is 5.59. The van der Waals surface area contributed by atoms with Crippen LogP contribution < -0.4 is 9.64 Å². The Morgan fingerprint density at radius 1 is 0.972 bits per heavy atom. The average Bonchev–Trinajstić information content (AvgIpc) is 2.99. The van der Waals surface area contributed by atoms with Crippen LogP contribution in [0.4, 0.5) is 5.69 Å². The Balaban J connectivity index is 1.54. The number of piperidine rings is 1. The van der Waals surface area contributed by atoms with E-state index in [1.807, 2.05) is 83.5 Å². The molecule has 1 saturated heterocycles. The fourth-order valence-corrected chi connectivity index (χ4v) is 6.28. The van der Waals surface area contributed by atoms with Gasteiger partial charge < -0.3 is 14.5 Å². The summed E-state index contributed by atoms with van der Waals surface area (Å²) in [6.07, 6.45) is 3.19. The first-order valence-corrected chi connectivity index (χ1v) is 13.5. The van der Waals surface area contributed by atoms with E-state index in [1.165, 1.54) is 0 Å². The van der Waals surface area contributed by atoms with Crippen molar-refractivity contribution in [2.75, 3.05) is 11.5 Å². The van der Waals surface area contributed by atoms with Crippen molar-refractivity contribution in [3.63, 3.8) is 0 Å². The highest BCUT2D eigenvalue weighted by Crippen LogP contribution is 2.42. The standard InChI is InChI=1S/C30H32N2O3S/c1-4-35-24-15-12-22(13-16-24)19-31-26-18-23(29(33)32-20(2)8-7-9-21(32)3)14-17-28(26)36-27-11-6-5-10-25(27)30(31)34/h5-6,10-18,20-21H,4,7-9,19H2,1-3H3. The second-order valence-electron chi connectivity index (χ2n) is 9.59. The monoisotopic (exact) mass is 500 g/mol. The third-order valence-electron chi connectivity index (χ3n) is 7.08. The van der Waals surface area contributed by atoms with Gasteiger partial charge in [-0.05, 0) is 88.1 Å². The lowest BCUT2D eigenvalue weighted by atomic mass is 9.96. The second kappa shape index (κ2) is 10.4. The highest BCUT2D eigenvalue weighted by Gasteiger charge is 2.32. The predicted octanol–water partition coefficient (Wildman–Crippen LogP) is 6.80. The Labute approximate surface area is 217 Å². The van der Waals surface area contributed by atoms with E-state index in [1.54, 1.807) is 11.8 Å². The van der Waals surface area contributed by atoms with Gasteiger partial charge in [0.2, 0.25) is 0 Å². The first-order valence-electron chi connectivity index (χ1n) is 12.7. The van der Waals surface area contributed by atoms with E-state index in [2.05, 4.69) is 13.8 Å². The van der Waals surface area contributed by atoms with E-state index in [0.29, 0.717) is 24.3 Å². The van der Waals surface area contributed by atoms with Crippen LogP contribution in [0.25, 0.3) is 0 Å². The maximum Gasteiger partial charge on any atom is 0.259 e. The quantitative estimate of drug-likeness (QED) is 0.387. The van der Waals surface area contributed by atoms with Gasteiger partial charge in [0.1, 0.15) is 5.75 Å². The number of carbonyl (C=O) groups is 2. The Morgan fingerprint density at radius 3 is 2.42 bits per heavy atom. The van der Waals surface area contributed by atoms with E-state index in [9.17, 15) is 9.59 Å². The topological polar surface area (TPSA) is 49.9 Å². The molecule has 2 unspecified atom stereocenters. The Morgan fingerprint density at radius 2 is 1.69 bits per heavy atom. The molecule has 3 aromatic rings. The number of benzene rings is 3. The van der Waals surface area contributed by atoms with Crippen molar-refractivity contribution in [2.45, 2.75) is 68.5 Å². The second-order valence-corrected chi connectivity index (χ2v) is 10.7. The summed E-state index contributed by atoms with van der Waals surface area (Å²) in [6, 6.07) is 21.8. The minimum atomic E-state index is -0.0601. The summed E-state index contributed by atoms with van der Waals surface area (Å²) in [6.45, 7) is 7.23. The lowest BCUT2D eigenvalue weighted by molar-refractivity contribution is 0.0510. The van der Waals surface area contributed by atoms with Crippen molar-refractivity contribution in [2.24, 2.45) is 0 Å². The van der Waals surface area contributed by atoms with E-state index in [4.69, 9.17) is 4.74 Å². The minimum absolute atomic E-state index is 0.0396. The van der Waals surface area contributed by atoms with E-state index >= 15 is 0 Å². The van der Waals surface area contributed by atoms with Crippen molar-refractivity contribution in [1.29, 1.82) is 0 Å².